The lowest BCUT2D eigenvalue weighted by Crippen LogP contribution is -2.41. The highest BCUT2D eigenvalue weighted by Gasteiger charge is 2.53. The van der Waals surface area contributed by atoms with E-state index in [1.807, 2.05) is 24.3 Å². The summed E-state index contributed by atoms with van der Waals surface area (Å²) >= 11 is 0. The normalized spacial score (nSPS) is 26.7. The molecule has 2 amide bonds. The third-order valence-corrected chi connectivity index (χ3v) is 5.97. The summed E-state index contributed by atoms with van der Waals surface area (Å²) in [4.78, 5) is 25.0. The van der Waals surface area contributed by atoms with Gasteiger partial charge in [-0.05, 0) is 48.4 Å². The van der Waals surface area contributed by atoms with E-state index >= 15 is 0 Å². The molecule has 142 valence electrons. The van der Waals surface area contributed by atoms with Crippen molar-refractivity contribution in [2.75, 3.05) is 20.8 Å². The van der Waals surface area contributed by atoms with Gasteiger partial charge >= 0.3 is 0 Å². The predicted molar refractivity (Wildman–Crippen MR) is 99.8 cm³/mol. The molecule has 1 fully saturated rings. The van der Waals surface area contributed by atoms with Crippen molar-refractivity contribution in [2.45, 2.75) is 25.2 Å². The van der Waals surface area contributed by atoms with Gasteiger partial charge in [0.1, 0.15) is 11.5 Å². The minimum atomic E-state index is -0.814. The smallest absolute Gasteiger partial charge is 0.254 e. The summed E-state index contributed by atoms with van der Waals surface area (Å²) < 4.78 is 11.3. The highest BCUT2D eigenvalue weighted by Crippen LogP contribution is 2.56. The fourth-order valence-corrected chi connectivity index (χ4v) is 4.34. The number of carbonyl (C=O) groups is 2. The van der Waals surface area contributed by atoms with Gasteiger partial charge in [0.05, 0.1) is 24.7 Å². The van der Waals surface area contributed by atoms with Crippen LogP contribution in [-0.4, -0.2) is 32.6 Å². The number of nitrogens with one attached hydrogen (secondary N) is 1. The molecule has 0 spiro atoms. The van der Waals surface area contributed by atoms with Crippen LogP contribution in [0.4, 0.5) is 0 Å². The lowest BCUT2D eigenvalue weighted by molar-refractivity contribution is -0.126. The highest BCUT2D eigenvalue weighted by molar-refractivity contribution is 6.00. The zero-order valence-electron chi connectivity index (χ0n) is 15.6. The van der Waals surface area contributed by atoms with Crippen LogP contribution in [0.2, 0.25) is 0 Å². The molecule has 0 aromatic heterocycles. The third kappa shape index (κ3) is 2.80. The maximum Gasteiger partial charge on any atom is 0.254 e. The molecule has 6 heteroatoms. The molecule has 27 heavy (non-hydrogen) atoms. The van der Waals surface area contributed by atoms with Gasteiger partial charge in [-0.2, -0.15) is 0 Å². The molecule has 0 radical (unpaired) electrons. The standard InChI is InChI=1S/C21H24N2O4/c1-23-19(24)16-10-21(20(22)25,13-6-7-13)9-15-17(11-27-18(15)16)12-4-3-5-14(8-12)26-2/h3-5,8,10,13,17H,6-7,9,11H2,1-2H3,(H2,22,25)(H,23,24). The van der Waals surface area contributed by atoms with Crippen LogP contribution in [0.1, 0.15) is 30.7 Å². The van der Waals surface area contributed by atoms with Crippen molar-refractivity contribution in [1.82, 2.24) is 5.32 Å². The average molecular weight is 368 g/mol. The van der Waals surface area contributed by atoms with E-state index in [0.717, 1.165) is 29.7 Å². The Balaban J connectivity index is 1.81. The Morgan fingerprint density at radius 2 is 2.11 bits per heavy atom. The fourth-order valence-electron chi connectivity index (χ4n) is 4.34. The largest absolute Gasteiger partial charge is 0.497 e. The lowest BCUT2D eigenvalue weighted by Gasteiger charge is -2.33. The van der Waals surface area contributed by atoms with Crippen molar-refractivity contribution in [3.8, 4) is 5.75 Å². The van der Waals surface area contributed by atoms with Gasteiger partial charge in [0, 0.05) is 13.0 Å². The van der Waals surface area contributed by atoms with Gasteiger partial charge in [-0.25, -0.2) is 0 Å². The highest BCUT2D eigenvalue weighted by atomic mass is 16.5. The Hall–Kier alpha value is -2.76. The molecule has 1 aromatic carbocycles. The van der Waals surface area contributed by atoms with Gasteiger partial charge in [-0.1, -0.05) is 18.2 Å². The molecule has 4 rings (SSSR count). The van der Waals surface area contributed by atoms with E-state index in [1.54, 1.807) is 20.2 Å². The SMILES string of the molecule is CNC(=O)C1=CC(C(N)=O)(C2CC2)CC2=C1OCC2c1cccc(OC)c1. The molecule has 0 bridgehead atoms. The fraction of sp³-hybridized carbons (Fsp3) is 0.429. The molecule has 2 aliphatic carbocycles. The number of nitrogens with two attached hydrogens (primary N) is 1. The van der Waals surface area contributed by atoms with E-state index < -0.39 is 5.41 Å². The number of carbonyl (C=O) groups excluding carboxylic acids is 2. The number of likely N-dealkylation sites (N-methyl/N-ethyl adjacent to an activating group) is 1. The Kier molecular flexibility index (Phi) is 4.21. The monoisotopic (exact) mass is 368 g/mol. The first-order valence-electron chi connectivity index (χ1n) is 9.25. The second kappa shape index (κ2) is 6.44. The summed E-state index contributed by atoms with van der Waals surface area (Å²) in [6, 6.07) is 7.83. The summed E-state index contributed by atoms with van der Waals surface area (Å²) in [5.41, 5.74) is 7.50. The zero-order valence-corrected chi connectivity index (χ0v) is 15.6. The van der Waals surface area contributed by atoms with Crippen LogP contribution in [0.3, 0.4) is 0 Å². The zero-order chi connectivity index (χ0) is 19.2. The van der Waals surface area contributed by atoms with E-state index in [9.17, 15) is 9.59 Å². The quantitative estimate of drug-likeness (QED) is 0.832. The molecule has 1 aromatic rings. The number of methoxy groups -OCH3 is 1. The van der Waals surface area contributed by atoms with Crippen LogP contribution in [0.15, 0.2) is 47.2 Å². The summed E-state index contributed by atoms with van der Waals surface area (Å²) in [5.74, 6) is 0.910. The molecular weight excluding hydrogens is 344 g/mol. The molecule has 6 nitrogen and oxygen atoms in total. The number of ether oxygens (including phenoxy) is 2. The van der Waals surface area contributed by atoms with E-state index in [1.165, 1.54) is 0 Å². The minimum absolute atomic E-state index is 0.0269. The molecule has 1 aliphatic heterocycles. The second-order valence-corrected chi connectivity index (χ2v) is 7.49. The topological polar surface area (TPSA) is 90.7 Å². The summed E-state index contributed by atoms with van der Waals surface area (Å²) in [6.45, 7) is 0.436. The van der Waals surface area contributed by atoms with Crippen LogP contribution >= 0.6 is 0 Å². The van der Waals surface area contributed by atoms with Gasteiger partial charge in [-0.3, -0.25) is 9.59 Å². The van der Waals surface area contributed by atoms with E-state index in [4.69, 9.17) is 15.2 Å². The first kappa shape index (κ1) is 17.6. The van der Waals surface area contributed by atoms with Crippen LogP contribution < -0.4 is 15.8 Å². The molecule has 0 saturated heterocycles. The molecular formula is C21H24N2O4. The first-order valence-corrected chi connectivity index (χ1v) is 9.25. The van der Waals surface area contributed by atoms with Crippen molar-refractivity contribution in [3.63, 3.8) is 0 Å². The van der Waals surface area contributed by atoms with Gasteiger partial charge < -0.3 is 20.5 Å². The van der Waals surface area contributed by atoms with Crippen molar-refractivity contribution in [2.24, 2.45) is 17.1 Å². The van der Waals surface area contributed by atoms with Crippen LogP contribution in [0, 0.1) is 11.3 Å². The molecule has 1 heterocycles. The van der Waals surface area contributed by atoms with E-state index in [-0.39, 0.29) is 23.7 Å². The molecule has 3 aliphatic rings. The van der Waals surface area contributed by atoms with Crippen LogP contribution in [0.25, 0.3) is 0 Å². The third-order valence-electron chi connectivity index (χ3n) is 5.97. The Morgan fingerprint density at radius 3 is 2.74 bits per heavy atom. The van der Waals surface area contributed by atoms with Gasteiger partial charge in [0.2, 0.25) is 5.91 Å². The van der Waals surface area contributed by atoms with E-state index in [0.29, 0.717) is 24.4 Å². The summed E-state index contributed by atoms with van der Waals surface area (Å²) in [7, 11) is 3.21. The number of benzene rings is 1. The summed E-state index contributed by atoms with van der Waals surface area (Å²) in [6.07, 6.45) is 4.17. The molecule has 1 saturated carbocycles. The Bertz CT molecular complexity index is 869. The first-order chi connectivity index (χ1) is 13.0. The van der Waals surface area contributed by atoms with Crippen molar-refractivity contribution in [3.05, 3.63) is 52.8 Å². The van der Waals surface area contributed by atoms with Crippen LogP contribution in [-0.2, 0) is 14.3 Å². The minimum Gasteiger partial charge on any atom is -0.497 e. The van der Waals surface area contributed by atoms with Crippen molar-refractivity contribution in [1.29, 1.82) is 0 Å². The lowest BCUT2D eigenvalue weighted by atomic mass is 9.68. The number of rotatable bonds is 5. The number of hydrogen-bond donors (Lipinski definition) is 2. The molecule has 2 atom stereocenters. The Morgan fingerprint density at radius 1 is 1.33 bits per heavy atom. The second-order valence-electron chi connectivity index (χ2n) is 7.49. The van der Waals surface area contributed by atoms with Gasteiger partial charge in [-0.15, -0.1) is 0 Å². The number of hydrogen-bond acceptors (Lipinski definition) is 4. The number of amides is 2. The number of primary amides is 1. The summed E-state index contributed by atoms with van der Waals surface area (Å²) in [5, 5.41) is 2.66. The predicted octanol–water partition coefficient (Wildman–Crippen LogP) is 2.02. The van der Waals surface area contributed by atoms with Gasteiger partial charge in [0.15, 0.2) is 0 Å². The molecule has 2 unspecified atom stereocenters. The van der Waals surface area contributed by atoms with Gasteiger partial charge in [0.25, 0.3) is 5.91 Å². The van der Waals surface area contributed by atoms with E-state index in [2.05, 4.69) is 5.32 Å². The van der Waals surface area contributed by atoms with Crippen molar-refractivity contribution < 1.29 is 19.1 Å². The molecule has 3 N–H and O–H groups in total. The van der Waals surface area contributed by atoms with Crippen molar-refractivity contribution >= 4 is 11.8 Å². The maximum atomic E-state index is 12.5. The van der Waals surface area contributed by atoms with Crippen LogP contribution in [0.5, 0.6) is 5.75 Å². The average Bonchev–Trinajstić information content (AvgIpc) is 3.46. The maximum absolute atomic E-state index is 12.5. The Labute approximate surface area is 158 Å².